The maximum Gasteiger partial charge on any atom is 0.323 e. The zero-order chi connectivity index (χ0) is 15.5. The highest BCUT2D eigenvalue weighted by Gasteiger charge is 2.12. The van der Waals surface area contributed by atoms with Crippen molar-refractivity contribution in [1.29, 1.82) is 0 Å². The Morgan fingerprint density at radius 3 is 2.59 bits per heavy atom. The molecule has 1 heterocycles. The average molecular weight is 313 g/mol. The lowest BCUT2D eigenvalue weighted by Gasteiger charge is -2.12. The highest BCUT2D eigenvalue weighted by molar-refractivity contribution is 6.35. The molecule has 1 aromatic heterocycles. The van der Waals surface area contributed by atoms with E-state index in [1.807, 2.05) is 24.3 Å². The van der Waals surface area contributed by atoms with Crippen LogP contribution in [0, 0.1) is 0 Å². The molecular formula is C16H13ClN4O. The number of urea groups is 1. The number of para-hydroxylation sites is 2. The summed E-state index contributed by atoms with van der Waals surface area (Å²) < 4.78 is 0. The number of benzene rings is 2. The predicted octanol–water partition coefficient (Wildman–Crippen LogP) is 4.11. The first-order chi connectivity index (χ1) is 10.6. The van der Waals surface area contributed by atoms with Crippen LogP contribution in [0.4, 0.5) is 21.9 Å². The first kappa shape index (κ1) is 14.2. The van der Waals surface area contributed by atoms with Crippen LogP contribution < -0.4 is 16.4 Å². The molecule has 0 fully saturated rings. The molecule has 22 heavy (non-hydrogen) atoms. The minimum absolute atomic E-state index is 0.348. The summed E-state index contributed by atoms with van der Waals surface area (Å²) >= 11 is 6.16. The van der Waals surface area contributed by atoms with Crippen molar-refractivity contribution in [2.75, 3.05) is 16.4 Å². The monoisotopic (exact) mass is 312 g/mol. The summed E-state index contributed by atoms with van der Waals surface area (Å²) in [5, 5.41) is 6.53. The van der Waals surface area contributed by atoms with Crippen LogP contribution in [0.25, 0.3) is 10.9 Å². The van der Waals surface area contributed by atoms with Crippen molar-refractivity contribution in [3.05, 3.63) is 59.8 Å². The van der Waals surface area contributed by atoms with Crippen LogP contribution >= 0.6 is 11.6 Å². The normalized spacial score (nSPS) is 10.4. The summed E-state index contributed by atoms with van der Waals surface area (Å²) in [4.78, 5) is 16.3. The number of nitrogens with one attached hydrogen (secondary N) is 2. The Hall–Kier alpha value is -2.79. The van der Waals surface area contributed by atoms with Gasteiger partial charge in [-0.25, -0.2) is 4.79 Å². The Labute approximate surface area is 132 Å². The number of halogens is 1. The largest absolute Gasteiger partial charge is 0.397 e. The van der Waals surface area contributed by atoms with Crippen molar-refractivity contribution < 1.29 is 4.79 Å². The molecule has 2 aromatic carbocycles. The topological polar surface area (TPSA) is 80.0 Å². The number of hydrogen-bond acceptors (Lipinski definition) is 3. The number of rotatable bonds is 2. The van der Waals surface area contributed by atoms with Crippen LogP contribution in [0.1, 0.15) is 0 Å². The number of nitrogens with two attached hydrogens (primary N) is 1. The van der Waals surface area contributed by atoms with Gasteiger partial charge < -0.3 is 16.4 Å². The lowest BCUT2D eigenvalue weighted by Crippen LogP contribution is -2.19. The first-order valence-electron chi connectivity index (χ1n) is 6.61. The van der Waals surface area contributed by atoms with Gasteiger partial charge in [-0.15, -0.1) is 0 Å². The summed E-state index contributed by atoms with van der Waals surface area (Å²) in [5.41, 5.74) is 8.19. The van der Waals surface area contributed by atoms with Crippen LogP contribution in [-0.2, 0) is 0 Å². The predicted molar refractivity (Wildman–Crippen MR) is 90.2 cm³/mol. The van der Waals surface area contributed by atoms with Gasteiger partial charge in [0, 0.05) is 17.3 Å². The summed E-state index contributed by atoms with van der Waals surface area (Å²) in [6.45, 7) is 0. The average Bonchev–Trinajstić information content (AvgIpc) is 2.51. The van der Waals surface area contributed by atoms with E-state index < -0.39 is 0 Å². The number of aromatic nitrogens is 1. The molecule has 0 aliphatic heterocycles. The Balaban J connectivity index is 1.92. The molecule has 3 aromatic rings. The molecule has 0 unspecified atom stereocenters. The van der Waals surface area contributed by atoms with E-state index in [9.17, 15) is 4.79 Å². The number of pyridine rings is 1. The Morgan fingerprint density at radius 1 is 1.05 bits per heavy atom. The highest BCUT2D eigenvalue weighted by Crippen LogP contribution is 2.32. The third-order valence-corrected chi connectivity index (χ3v) is 3.44. The third-order valence-electron chi connectivity index (χ3n) is 3.15. The van der Waals surface area contributed by atoms with E-state index in [2.05, 4.69) is 15.6 Å². The van der Waals surface area contributed by atoms with Crippen molar-refractivity contribution in [2.24, 2.45) is 0 Å². The van der Waals surface area contributed by atoms with Crippen molar-refractivity contribution >= 4 is 45.6 Å². The van der Waals surface area contributed by atoms with Crippen molar-refractivity contribution in [3.8, 4) is 0 Å². The van der Waals surface area contributed by atoms with Crippen molar-refractivity contribution in [1.82, 2.24) is 4.98 Å². The maximum absolute atomic E-state index is 12.1. The highest BCUT2D eigenvalue weighted by atomic mass is 35.5. The fraction of sp³-hybridized carbons (Fsp3) is 0. The fourth-order valence-electron chi connectivity index (χ4n) is 2.15. The van der Waals surface area contributed by atoms with Gasteiger partial charge in [0.2, 0.25) is 0 Å². The molecule has 0 spiro atoms. The summed E-state index contributed by atoms with van der Waals surface area (Å²) in [6, 6.07) is 14.1. The van der Waals surface area contributed by atoms with Crippen LogP contribution in [-0.4, -0.2) is 11.0 Å². The number of anilines is 3. The van der Waals surface area contributed by atoms with Crippen LogP contribution in [0.3, 0.4) is 0 Å². The molecule has 110 valence electrons. The smallest absolute Gasteiger partial charge is 0.323 e. The van der Waals surface area contributed by atoms with Crippen LogP contribution in [0.15, 0.2) is 54.7 Å². The molecule has 4 N–H and O–H groups in total. The maximum atomic E-state index is 12.1. The quantitative estimate of drug-likeness (QED) is 0.623. The van der Waals surface area contributed by atoms with Gasteiger partial charge in [0.05, 0.1) is 21.9 Å². The molecule has 5 nitrogen and oxygen atoms in total. The van der Waals surface area contributed by atoms with E-state index in [0.717, 1.165) is 0 Å². The van der Waals surface area contributed by atoms with Gasteiger partial charge in [-0.2, -0.15) is 0 Å². The second-order valence-corrected chi connectivity index (χ2v) is 5.08. The molecular weight excluding hydrogens is 300 g/mol. The Bertz CT molecular complexity index is 836. The van der Waals surface area contributed by atoms with E-state index >= 15 is 0 Å². The van der Waals surface area contributed by atoms with Gasteiger partial charge in [0.15, 0.2) is 0 Å². The Kier molecular flexibility index (Phi) is 3.80. The first-order valence-corrected chi connectivity index (χ1v) is 6.98. The van der Waals surface area contributed by atoms with E-state index in [4.69, 9.17) is 17.3 Å². The van der Waals surface area contributed by atoms with Gasteiger partial charge in [-0.3, -0.25) is 4.98 Å². The number of carbonyl (C=O) groups is 1. The standard InChI is InChI=1S/C16H13ClN4O/c17-12-9-19-15-11(7-4-8-13(15)18)14(12)21-16(22)20-10-5-2-1-3-6-10/h1-9H,18H2,(H2,19,20,21,22). The fourth-order valence-corrected chi connectivity index (χ4v) is 2.34. The van der Waals surface area contributed by atoms with E-state index in [-0.39, 0.29) is 6.03 Å². The number of carbonyl (C=O) groups excluding carboxylic acids is 1. The second kappa shape index (κ2) is 5.91. The van der Waals surface area contributed by atoms with E-state index in [1.54, 1.807) is 24.3 Å². The van der Waals surface area contributed by atoms with Crippen LogP contribution in [0.5, 0.6) is 0 Å². The summed E-state index contributed by atoms with van der Waals surface area (Å²) in [7, 11) is 0. The zero-order valence-corrected chi connectivity index (χ0v) is 12.3. The number of nitrogens with zero attached hydrogens (tertiary/aromatic N) is 1. The Morgan fingerprint density at radius 2 is 1.82 bits per heavy atom. The lowest BCUT2D eigenvalue weighted by atomic mass is 10.1. The summed E-state index contributed by atoms with van der Waals surface area (Å²) in [6.07, 6.45) is 1.47. The van der Waals surface area contributed by atoms with Gasteiger partial charge in [0.1, 0.15) is 0 Å². The molecule has 0 saturated heterocycles. The number of fused-ring (bicyclic) bond motifs is 1. The van der Waals surface area contributed by atoms with E-state index in [0.29, 0.717) is 33.0 Å². The van der Waals surface area contributed by atoms with Gasteiger partial charge in [-0.1, -0.05) is 41.9 Å². The zero-order valence-electron chi connectivity index (χ0n) is 11.5. The second-order valence-electron chi connectivity index (χ2n) is 4.67. The molecule has 3 rings (SSSR count). The number of hydrogen-bond donors (Lipinski definition) is 3. The van der Waals surface area contributed by atoms with Gasteiger partial charge in [0.25, 0.3) is 0 Å². The van der Waals surface area contributed by atoms with Crippen molar-refractivity contribution in [2.45, 2.75) is 0 Å². The lowest BCUT2D eigenvalue weighted by molar-refractivity contribution is 0.262. The molecule has 0 saturated carbocycles. The van der Waals surface area contributed by atoms with Gasteiger partial charge in [-0.05, 0) is 18.2 Å². The molecule has 6 heteroatoms. The molecule has 0 bridgehead atoms. The molecule has 0 aliphatic rings. The minimum atomic E-state index is -0.386. The summed E-state index contributed by atoms with van der Waals surface area (Å²) in [5.74, 6) is 0. The van der Waals surface area contributed by atoms with Gasteiger partial charge >= 0.3 is 6.03 Å². The molecule has 2 amide bonds. The van der Waals surface area contributed by atoms with Crippen molar-refractivity contribution in [3.63, 3.8) is 0 Å². The molecule has 0 radical (unpaired) electrons. The molecule has 0 atom stereocenters. The molecule has 0 aliphatic carbocycles. The minimum Gasteiger partial charge on any atom is -0.397 e. The van der Waals surface area contributed by atoms with Crippen LogP contribution in [0.2, 0.25) is 5.02 Å². The number of nitrogen functional groups attached to an aromatic ring is 1. The SMILES string of the molecule is Nc1cccc2c(NC(=O)Nc3ccccc3)c(Cl)cnc12. The third kappa shape index (κ3) is 2.80. The van der Waals surface area contributed by atoms with E-state index in [1.165, 1.54) is 6.20 Å². The number of amides is 2.